The van der Waals surface area contributed by atoms with E-state index >= 15 is 0 Å². The second-order valence-electron chi connectivity index (χ2n) is 26.7. The molecule has 0 aromatic rings. The average Bonchev–Trinajstić information content (AvgIpc) is 3.51. The molecule has 0 aliphatic rings. The monoisotopic (exact) mass is 1180 g/mol. The van der Waals surface area contributed by atoms with E-state index in [-0.39, 0.29) is 18.5 Å². The van der Waals surface area contributed by atoms with E-state index in [0.29, 0.717) is 19.4 Å². The number of esters is 1. The fraction of sp³-hybridized carbons (Fsp3) is 0.923. The number of carbonyl (C=O) groups is 2. The first kappa shape index (κ1) is 82.3. The van der Waals surface area contributed by atoms with Crippen molar-refractivity contribution in [1.29, 1.82) is 0 Å². The van der Waals surface area contributed by atoms with Crippen LogP contribution < -0.4 is 5.32 Å². The summed E-state index contributed by atoms with van der Waals surface area (Å²) in [7, 11) is 0. The van der Waals surface area contributed by atoms with E-state index in [0.717, 1.165) is 44.9 Å². The quantitative estimate of drug-likeness (QED) is 0.0320. The predicted molar refractivity (Wildman–Crippen MR) is 370 cm³/mol. The number of carbonyl (C=O) groups excluding carboxylic acids is 2. The van der Waals surface area contributed by atoms with Crippen molar-refractivity contribution in [2.45, 2.75) is 450 Å². The highest BCUT2D eigenvalue weighted by molar-refractivity contribution is 5.76. The van der Waals surface area contributed by atoms with Crippen molar-refractivity contribution in [3.8, 4) is 0 Å². The van der Waals surface area contributed by atoms with E-state index < -0.39 is 12.1 Å². The molecule has 1 amide bonds. The van der Waals surface area contributed by atoms with Gasteiger partial charge in [-0.05, 0) is 57.8 Å². The highest BCUT2D eigenvalue weighted by Gasteiger charge is 2.18. The highest BCUT2D eigenvalue weighted by Crippen LogP contribution is 2.20. The van der Waals surface area contributed by atoms with E-state index in [4.69, 9.17) is 4.74 Å². The van der Waals surface area contributed by atoms with Crippen LogP contribution in [0.5, 0.6) is 0 Å². The second kappa shape index (κ2) is 73.8. The molecule has 0 rings (SSSR count). The van der Waals surface area contributed by atoms with Crippen LogP contribution in [0.25, 0.3) is 0 Å². The number of allylic oxidation sites excluding steroid dienone is 3. The molecule has 0 saturated heterocycles. The van der Waals surface area contributed by atoms with Crippen molar-refractivity contribution in [2.24, 2.45) is 0 Å². The van der Waals surface area contributed by atoms with Crippen LogP contribution in [0.4, 0.5) is 0 Å². The minimum Gasteiger partial charge on any atom is -0.466 e. The molecule has 0 spiro atoms. The van der Waals surface area contributed by atoms with Crippen molar-refractivity contribution >= 4 is 11.9 Å². The number of hydrogen-bond donors (Lipinski definition) is 3. The molecular weight excluding hydrogens is 1030 g/mol. The summed E-state index contributed by atoms with van der Waals surface area (Å²) in [5, 5.41) is 23.3. The van der Waals surface area contributed by atoms with Crippen molar-refractivity contribution in [1.82, 2.24) is 5.32 Å². The number of hydrogen-bond acceptors (Lipinski definition) is 5. The molecule has 2 unspecified atom stereocenters. The Kier molecular flexibility index (Phi) is 72.3. The number of nitrogens with one attached hydrogen (secondary N) is 1. The largest absolute Gasteiger partial charge is 0.466 e. The van der Waals surface area contributed by atoms with Crippen LogP contribution in [0, 0.1) is 0 Å². The van der Waals surface area contributed by atoms with Gasteiger partial charge in [-0.15, -0.1) is 0 Å². The maximum absolute atomic E-state index is 12.6. The van der Waals surface area contributed by atoms with E-state index in [2.05, 4.69) is 31.3 Å². The van der Waals surface area contributed by atoms with Gasteiger partial charge in [0.2, 0.25) is 5.91 Å². The summed E-state index contributed by atoms with van der Waals surface area (Å²) in [5.41, 5.74) is 0. The molecular formula is C78H151NO5. The molecule has 84 heavy (non-hydrogen) atoms. The van der Waals surface area contributed by atoms with Crippen molar-refractivity contribution in [3.05, 3.63) is 24.3 Å². The number of ether oxygens (including phenoxy) is 1. The van der Waals surface area contributed by atoms with Crippen LogP contribution in [0.15, 0.2) is 24.3 Å². The summed E-state index contributed by atoms with van der Waals surface area (Å²) in [6.07, 6.45) is 94.3. The first-order valence-electron chi connectivity index (χ1n) is 38.6. The zero-order valence-electron chi connectivity index (χ0n) is 57.2. The molecule has 0 aliphatic carbocycles. The van der Waals surface area contributed by atoms with Crippen LogP contribution in [-0.2, 0) is 14.3 Å². The Morgan fingerprint density at radius 3 is 0.845 bits per heavy atom. The van der Waals surface area contributed by atoms with Gasteiger partial charge in [0.25, 0.3) is 0 Å². The molecule has 6 heteroatoms. The molecule has 0 saturated carbocycles. The summed E-state index contributed by atoms with van der Waals surface area (Å²) in [4.78, 5) is 24.6. The zero-order valence-corrected chi connectivity index (χ0v) is 57.2. The summed E-state index contributed by atoms with van der Waals surface area (Å²) in [6.45, 7) is 4.95. The Morgan fingerprint density at radius 1 is 0.321 bits per heavy atom. The Bertz CT molecular complexity index is 1320. The van der Waals surface area contributed by atoms with Gasteiger partial charge in [-0.2, -0.15) is 0 Å². The second-order valence-corrected chi connectivity index (χ2v) is 26.7. The normalized spacial score (nSPS) is 12.6. The Morgan fingerprint density at radius 2 is 0.560 bits per heavy atom. The lowest BCUT2D eigenvalue weighted by Crippen LogP contribution is -2.45. The van der Waals surface area contributed by atoms with Gasteiger partial charge >= 0.3 is 5.97 Å². The third kappa shape index (κ3) is 69.4. The van der Waals surface area contributed by atoms with Crippen molar-refractivity contribution in [2.75, 3.05) is 13.2 Å². The van der Waals surface area contributed by atoms with E-state index in [1.165, 1.54) is 366 Å². The lowest BCUT2D eigenvalue weighted by Gasteiger charge is -2.20. The lowest BCUT2D eigenvalue weighted by molar-refractivity contribution is -0.143. The van der Waals surface area contributed by atoms with Crippen LogP contribution in [-0.4, -0.2) is 47.4 Å². The van der Waals surface area contributed by atoms with Crippen LogP contribution in [0.2, 0.25) is 0 Å². The summed E-state index contributed by atoms with van der Waals surface area (Å²) >= 11 is 0. The van der Waals surface area contributed by atoms with Gasteiger partial charge in [0.15, 0.2) is 0 Å². The van der Waals surface area contributed by atoms with Gasteiger partial charge in [0.1, 0.15) is 0 Å². The molecule has 0 bridgehead atoms. The average molecular weight is 1180 g/mol. The maximum atomic E-state index is 12.6. The topological polar surface area (TPSA) is 95.9 Å². The Hall–Kier alpha value is -1.66. The van der Waals surface area contributed by atoms with Crippen LogP contribution in [0.3, 0.4) is 0 Å². The molecule has 0 fully saturated rings. The van der Waals surface area contributed by atoms with Crippen LogP contribution >= 0.6 is 0 Å². The minimum atomic E-state index is -0.844. The third-order valence-electron chi connectivity index (χ3n) is 18.2. The number of aliphatic hydroxyl groups excluding tert-OH is 2. The fourth-order valence-corrected chi connectivity index (χ4v) is 12.3. The van der Waals surface area contributed by atoms with E-state index in [1.54, 1.807) is 6.08 Å². The molecule has 2 atom stereocenters. The lowest BCUT2D eigenvalue weighted by atomic mass is 10.0. The SMILES string of the molecule is CCCCCCCC/C=C\CCCCCCCC(=O)OCCCCCCCCCCCCCCCCCCCCCCCCCCCCCC(=O)NC(CO)C(O)/C=C/CCCCCCCCCCCCCCCCCCCCCCCCC. The van der Waals surface area contributed by atoms with Gasteiger partial charge in [0.05, 0.1) is 25.4 Å². The molecule has 0 heterocycles. The molecule has 0 aliphatic heterocycles. The first-order valence-corrected chi connectivity index (χ1v) is 38.6. The van der Waals surface area contributed by atoms with Gasteiger partial charge in [-0.1, -0.05) is 391 Å². The number of aliphatic hydroxyl groups is 2. The Labute approximate surface area is 526 Å². The molecule has 498 valence electrons. The summed E-state index contributed by atoms with van der Waals surface area (Å²) in [6, 6.07) is -0.627. The summed E-state index contributed by atoms with van der Waals surface area (Å²) < 4.78 is 5.50. The van der Waals surface area contributed by atoms with Gasteiger partial charge < -0.3 is 20.3 Å². The van der Waals surface area contributed by atoms with Gasteiger partial charge in [0, 0.05) is 12.8 Å². The molecule has 0 aromatic heterocycles. The fourth-order valence-electron chi connectivity index (χ4n) is 12.3. The Balaban J connectivity index is 3.38. The van der Waals surface area contributed by atoms with Crippen molar-refractivity contribution in [3.63, 3.8) is 0 Å². The van der Waals surface area contributed by atoms with Gasteiger partial charge in [-0.25, -0.2) is 0 Å². The predicted octanol–water partition coefficient (Wildman–Crippen LogP) is 25.3. The highest BCUT2D eigenvalue weighted by atomic mass is 16.5. The molecule has 3 N–H and O–H groups in total. The third-order valence-corrected chi connectivity index (χ3v) is 18.2. The van der Waals surface area contributed by atoms with Crippen molar-refractivity contribution < 1.29 is 24.5 Å². The maximum Gasteiger partial charge on any atom is 0.305 e. The first-order chi connectivity index (χ1) is 41.5. The molecule has 0 radical (unpaired) electrons. The number of unbranched alkanes of at least 4 members (excludes halogenated alkanes) is 60. The molecule has 0 aromatic carbocycles. The van der Waals surface area contributed by atoms with E-state index in [1.807, 2.05) is 6.08 Å². The minimum absolute atomic E-state index is 0.0108. The molecule has 6 nitrogen and oxygen atoms in total. The summed E-state index contributed by atoms with van der Waals surface area (Å²) in [5.74, 6) is -0.0492. The standard InChI is InChI=1S/C78H151NO5/c1-3-5-7-9-11-13-15-17-19-20-21-22-23-27-30-33-36-39-43-46-50-54-58-62-66-70-76(81)75(74-80)79-77(82)71-67-63-59-55-51-47-44-40-37-34-31-28-25-24-26-29-32-35-38-41-45-49-53-57-61-65-69-73-84-78(83)72-68-64-60-56-52-48-42-18-16-14-12-10-8-6-4-2/h18,42,66,70,75-76,80-81H,3-17,19-41,43-65,67-69,71-74H2,1-2H3,(H,79,82)/b42-18-,70-66+. The smallest absolute Gasteiger partial charge is 0.305 e. The number of amides is 1. The van der Waals surface area contributed by atoms with E-state index in [9.17, 15) is 19.8 Å². The zero-order chi connectivity index (χ0) is 60.6. The van der Waals surface area contributed by atoms with Crippen LogP contribution in [0.1, 0.15) is 438 Å². The number of rotatable bonds is 73. The van der Waals surface area contributed by atoms with Gasteiger partial charge in [-0.3, -0.25) is 9.59 Å².